The van der Waals surface area contributed by atoms with Gasteiger partial charge in [-0.15, -0.1) is 11.3 Å². The number of rotatable bonds is 5. The first kappa shape index (κ1) is 17.6. The molecule has 2 atom stereocenters. The molecule has 0 bridgehead atoms. The van der Waals surface area contributed by atoms with Crippen LogP contribution >= 0.6 is 22.9 Å². The summed E-state index contributed by atoms with van der Waals surface area (Å²) in [5, 5.41) is 6.86. The predicted molar refractivity (Wildman–Crippen MR) is 95.6 cm³/mol. The number of hydrogen-bond donors (Lipinski definition) is 2. The van der Waals surface area contributed by atoms with Crippen molar-refractivity contribution in [1.29, 1.82) is 0 Å². The second kappa shape index (κ2) is 6.76. The van der Waals surface area contributed by atoms with Crippen molar-refractivity contribution in [2.45, 2.75) is 37.9 Å². The van der Waals surface area contributed by atoms with Gasteiger partial charge >= 0.3 is 0 Å². The van der Waals surface area contributed by atoms with Gasteiger partial charge < -0.3 is 10.3 Å². The number of hydrogen-bond acceptors (Lipinski definition) is 5. The normalized spacial score (nSPS) is 14.8. The Morgan fingerprint density at radius 3 is 2.55 bits per heavy atom. The lowest BCUT2D eigenvalue weighted by molar-refractivity contribution is 0.510. The zero-order valence-corrected chi connectivity index (χ0v) is 15.2. The number of aromatic nitrogens is 1. The maximum Gasteiger partial charge on any atom is 0.180 e. The van der Waals surface area contributed by atoms with Crippen LogP contribution in [-0.2, 0) is 11.4 Å². The van der Waals surface area contributed by atoms with Crippen molar-refractivity contribution in [2.24, 2.45) is 5.14 Å². The van der Waals surface area contributed by atoms with Crippen molar-refractivity contribution in [1.82, 2.24) is 4.98 Å². The molecule has 0 radical (unpaired) electrons. The van der Waals surface area contributed by atoms with Gasteiger partial charge in [0.25, 0.3) is 0 Å². The highest BCUT2D eigenvalue weighted by molar-refractivity contribution is 7.90. The van der Waals surface area contributed by atoms with Crippen LogP contribution in [0.1, 0.15) is 42.3 Å². The summed E-state index contributed by atoms with van der Waals surface area (Å²) in [5.74, 6) is -0.0361. The predicted octanol–water partition coefficient (Wildman–Crippen LogP) is 3.61. The van der Waals surface area contributed by atoms with Gasteiger partial charge in [-0.25, -0.2) is 4.98 Å². The number of nitrogens with zero attached hydrogens (tertiary/aromatic N) is 1. The molecule has 0 saturated carbocycles. The molecule has 2 rings (SSSR count). The number of nitrogen functional groups attached to an aromatic ring is 1. The van der Waals surface area contributed by atoms with E-state index in [1.807, 2.05) is 45.0 Å². The van der Waals surface area contributed by atoms with Crippen molar-refractivity contribution in [2.75, 3.05) is 5.73 Å². The molecule has 0 spiro atoms. The van der Waals surface area contributed by atoms with Gasteiger partial charge in [0.1, 0.15) is 4.75 Å². The van der Waals surface area contributed by atoms with E-state index in [2.05, 4.69) is 4.98 Å². The Kier molecular flexibility index (Phi) is 5.40. The number of nitrogens with two attached hydrogens (primary N) is 2. The van der Waals surface area contributed by atoms with Gasteiger partial charge in [-0.3, -0.25) is 0 Å². The fraction of sp³-hybridized carbons (Fsp3) is 0.400. The molecule has 0 amide bonds. The SMILES string of the molecule is Cc1nc(N)sc1C(CC(C)(C)[S+](N)[O-])c1ccccc1Cl. The molecule has 1 heterocycles. The molecule has 4 N–H and O–H groups in total. The highest BCUT2D eigenvalue weighted by Gasteiger charge is 2.36. The molecular weight excluding hydrogens is 338 g/mol. The molecular formula is C15H20ClN3OS2. The van der Waals surface area contributed by atoms with E-state index in [9.17, 15) is 4.55 Å². The third kappa shape index (κ3) is 3.75. The van der Waals surface area contributed by atoms with Gasteiger partial charge in [0.05, 0.1) is 5.69 Å². The fourth-order valence-electron chi connectivity index (χ4n) is 2.43. The highest BCUT2D eigenvalue weighted by Crippen LogP contribution is 2.42. The van der Waals surface area contributed by atoms with Crippen molar-refractivity contribution in [3.05, 3.63) is 45.4 Å². The molecule has 2 unspecified atom stereocenters. The number of halogens is 1. The summed E-state index contributed by atoms with van der Waals surface area (Å²) in [4.78, 5) is 5.35. The Morgan fingerprint density at radius 2 is 2.05 bits per heavy atom. The van der Waals surface area contributed by atoms with Gasteiger partial charge in [0.15, 0.2) is 5.13 Å². The summed E-state index contributed by atoms with van der Waals surface area (Å²) in [7, 11) is 0. The molecule has 1 aromatic carbocycles. The zero-order valence-electron chi connectivity index (χ0n) is 12.8. The molecule has 0 saturated heterocycles. The van der Waals surface area contributed by atoms with Gasteiger partial charge in [-0.2, -0.15) is 5.14 Å². The van der Waals surface area contributed by atoms with E-state index < -0.39 is 16.1 Å². The average molecular weight is 358 g/mol. The summed E-state index contributed by atoms with van der Waals surface area (Å²) in [6.45, 7) is 5.72. The molecule has 7 heteroatoms. The number of anilines is 1. The fourth-order valence-corrected chi connectivity index (χ4v) is 3.98. The topological polar surface area (TPSA) is 88.0 Å². The van der Waals surface area contributed by atoms with Crippen molar-refractivity contribution in [3.8, 4) is 0 Å². The molecule has 0 fully saturated rings. The smallest absolute Gasteiger partial charge is 0.180 e. The Hall–Kier alpha value is -0.790. The van der Waals surface area contributed by atoms with Crippen molar-refractivity contribution < 1.29 is 4.55 Å². The molecule has 0 aliphatic heterocycles. The molecule has 4 nitrogen and oxygen atoms in total. The van der Waals surface area contributed by atoms with E-state index in [4.69, 9.17) is 22.5 Å². The standard InChI is InChI=1S/C15H20ClN3OS2/c1-9-13(21-14(17)19-9)11(8-15(2,3)22(18)20)10-6-4-5-7-12(10)16/h4-7,11H,8,18H2,1-3H3,(H2,17,19). The van der Waals surface area contributed by atoms with Crippen LogP contribution in [0.2, 0.25) is 5.02 Å². The van der Waals surface area contributed by atoms with Crippen LogP contribution in [0.3, 0.4) is 0 Å². The van der Waals surface area contributed by atoms with Crippen LogP contribution in [-0.4, -0.2) is 14.3 Å². The summed E-state index contributed by atoms with van der Waals surface area (Å²) in [5.41, 5.74) is 7.71. The third-order valence-corrected chi connectivity index (χ3v) is 6.39. The first-order valence-electron chi connectivity index (χ1n) is 6.86. The highest BCUT2D eigenvalue weighted by atomic mass is 35.5. The van der Waals surface area contributed by atoms with Crippen LogP contribution in [0.5, 0.6) is 0 Å². The van der Waals surface area contributed by atoms with Gasteiger partial charge in [0.2, 0.25) is 0 Å². The second-order valence-corrected chi connectivity index (χ2v) is 9.01. The molecule has 0 aliphatic rings. The first-order chi connectivity index (χ1) is 10.2. The van der Waals surface area contributed by atoms with E-state index in [0.29, 0.717) is 16.6 Å². The zero-order chi connectivity index (χ0) is 16.5. The Morgan fingerprint density at radius 1 is 1.41 bits per heavy atom. The summed E-state index contributed by atoms with van der Waals surface area (Å²) in [6.07, 6.45) is 0.600. The maximum atomic E-state index is 11.9. The van der Waals surface area contributed by atoms with Gasteiger partial charge in [-0.05, 0) is 32.4 Å². The monoisotopic (exact) mass is 357 g/mol. The van der Waals surface area contributed by atoms with Crippen LogP contribution in [0.15, 0.2) is 24.3 Å². The quantitative estimate of drug-likeness (QED) is 0.800. The summed E-state index contributed by atoms with van der Waals surface area (Å²) in [6, 6.07) is 7.68. The maximum absolute atomic E-state index is 11.9. The van der Waals surface area contributed by atoms with Crippen LogP contribution < -0.4 is 10.9 Å². The largest absolute Gasteiger partial charge is 0.598 e. The third-order valence-electron chi connectivity index (χ3n) is 3.69. The van der Waals surface area contributed by atoms with Crippen molar-refractivity contribution in [3.63, 3.8) is 0 Å². The lowest BCUT2D eigenvalue weighted by Crippen LogP contribution is -2.39. The van der Waals surface area contributed by atoms with Crippen molar-refractivity contribution >= 4 is 39.4 Å². The van der Waals surface area contributed by atoms with E-state index in [0.717, 1.165) is 16.1 Å². The number of thiazole rings is 1. The Bertz CT molecular complexity index is 658. The minimum atomic E-state index is -1.44. The van der Waals surface area contributed by atoms with Crippen LogP contribution in [0.25, 0.3) is 0 Å². The second-order valence-electron chi connectivity index (χ2n) is 5.84. The molecule has 22 heavy (non-hydrogen) atoms. The lowest BCUT2D eigenvalue weighted by atomic mass is 9.88. The lowest BCUT2D eigenvalue weighted by Gasteiger charge is -2.29. The van der Waals surface area contributed by atoms with Crippen LogP contribution in [0, 0.1) is 6.92 Å². The summed E-state index contributed by atoms with van der Waals surface area (Å²) < 4.78 is 11.3. The van der Waals surface area contributed by atoms with Gasteiger partial charge in [0, 0.05) is 33.6 Å². The van der Waals surface area contributed by atoms with E-state index in [-0.39, 0.29) is 5.92 Å². The Balaban J connectivity index is 2.51. The van der Waals surface area contributed by atoms with E-state index in [1.165, 1.54) is 11.3 Å². The molecule has 2 aromatic rings. The average Bonchev–Trinajstić information content (AvgIpc) is 2.75. The molecule has 0 aliphatic carbocycles. The van der Waals surface area contributed by atoms with E-state index >= 15 is 0 Å². The van der Waals surface area contributed by atoms with Gasteiger partial charge in [-0.1, -0.05) is 29.8 Å². The summed E-state index contributed by atoms with van der Waals surface area (Å²) >= 11 is 6.39. The van der Waals surface area contributed by atoms with E-state index in [1.54, 1.807) is 0 Å². The minimum Gasteiger partial charge on any atom is -0.598 e. The molecule has 1 aromatic heterocycles. The molecule has 120 valence electrons. The Labute approximate surface area is 143 Å². The number of benzene rings is 1. The number of aryl methyl sites for hydroxylation is 1. The first-order valence-corrected chi connectivity index (χ1v) is 9.26. The minimum absolute atomic E-state index is 0.0361. The van der Waals surface area contributed by atoms with Crippen LogP contribution in [0.4, 0.5) is 5.13 Å².